The molecule has 0 spiro atoms. The van der Waals surface area contributed by atoms with Gasteiger partial charge in [0.25, 0.3) is 0 Å². The number of rotatable bonds is 3. The maximum Gasteiger partial charge on any atom is 0.184 e. The Morgan fingerprint density at radius 1 is 1.39 bits per heavy atom. The van der Waals surface area contributed by atoms with E-state index in [4.69, 9.17) is 11.5 Å². The lowest BCUT2D eigenvalue weighted by molar-refractivity contribution is 1.04. The van der Waals surface area contributed by atoms with E-state index in [2.05, 4.69) is 27.7 Å². The van der Waals surface area contributed by atoms with Crippen LogP contribution in [-0.2, 0) is 0 Å². The van der Waals surface area contributed by atoms with E-state index in [0.717, 1.165) is 11.4 Å². The zero-order valence-electron chi connectivity index (χ0n) is 9.45. The van der Waals surface area contributed by atoms with Crippen molar-refractivity contribution in [1.29, 1.82) is 0 Å². The van der Waals surface area contributed by atoms with E-state index in [9.17, 15) is 0 Å². The maximum atomic E-state index is 5.63. The highest BCUT2D eigenvalue weighted by molar-refractivity contribution is 7.80. The summed E-state index contributed by atoms with van der Waals surface area (Å²) in [6.45, 7) is 0. The first-order chi connectivity index (χ1) is 8.65. The second-order valence-corrected chi connectivity index (χ2v) is 3.97. The zero-order valence-corrected chi connectivity index (χ0v) is 10.3. The molecule has 6 nitrogen and oxygen atoms in total. The van der Waals surface area contributed by atoms with Gasteiger partial charge in [-0.3, -0.25) is 5.43 Å². The van der Waals surface area contributed by atoms with Gasteiger partial charge in [0.1, 0.15) is 5.69 Å². The minimum absolute atomic E-state index is 0.115. The smallest absolute Gasteiger partial charge is 0.184 e. The molecule has 7 heteroatoms. The number of thiocarbonyl (C=S) groups is 1. The summed E-state index contributed by atoms with van der Waals surface area (Å²) in [5.41, 5.74) is 15.7. The zero-order chi connectivity index (χ0) is 13.0. The van der Waals surface area contributed by atoms with E-state index < -0.39 is 0 Å². The quantitative estimate of drug-likeness (QED) is 0.325. The third-order valence-corrected chi connectivity index (χ3v) is 2.26. The van der Waals surface area contributed by atoms with Crippen LogP contribution in [0.5, 0.6) is 0 Å². The van der Waals surface area contributed by atoms with E-state index in [-0.39, 0.29) is 5.11 Å². The number of hydrogen-bond donors (Lipinski definition) is 3. The summed E-state index contributed by atoms with van der Waals surface area (Å²) in [6.07, 6.45) is 5.05. The molecule has 2 aromatic rings. The number of hydrazone groups is 1. The molecule has 0 unspecified atom stereocenters. The molecule has 92 valence electrons. The number of anilines is 1. The van der Waals surface area contributed by atoms with E-state index in [0.29, 0.717) is 5.69 Å². The Hall–Kier alpha value is -2.41. The van der Waals surface area contributed by atoms with Gasteiger partial charge in [0, 0.05) is 17.6 Å². The van der Waals surface area contributed by atoms with Crippen molar-refractivity contribution in [3.63, 3.8) is 0 Å². The van der Waals surface area contributed by atoms with Crippen LogP contribution in [0.4, 0.5) is 5.69 Å². The lowest BCUT2D eigenvalue weighted by Crippen LogP contribution is -2.24. The Kier molecular flexibility index (Phi) is 3.54. The molecule has 0 amide bonds. The van der Waals surface area contributed by atoms with Gasteiger partial charge in [-0.25, -0.2) is 4.98 Å². The highest BCUT2D eigenvalue weighted by Crippen LogP contribution is 2.10. The van der Waals surface area contributed by atoms with Gasteiger partial charge < -0.3 is 16.0 Å². The summed E-state index contributed by atoms with van der Waals surface area (Å²) >= 11 is 4.62. The number of aromatic nitrogens is 2. The lowest BCUT2D eigenvalue weighted by Gasteiger charge is -2.01. The van der Waals surface area contributed by atoms with Crippen LogP contribution >= 0.6 is 12.2 Å². The first kappa shape index (κ1) is 12.1. The van der Waals surface area contributed by atoms with Crippen LogP contribution in [0.15, 0.2) is 41.9 Å². The predicted octanol–water partition coefficient (Wildman–Crippen LogP) is 0.622. The highest BCUT2D eigenvalue weighted by Gasteiger charge is 1.98. The van der Waals surface area contributed by atoms with Crippen molar-refractivity contribution < 1.29 is 0 Å². The van der Waals surface area contributed by atoms with Crippen molar-refractivity contribution in [1.82, 2.24) is 15.0 Å². The van der Waals surface area contributed by atoms with E-state index in [1.807, 2.05) is 35.0 Å². The van der Waals surface area contributed by atoms with Crippen molar-refractivity contribution in [2.75, 3.05) is 5.73 Å². The molecule has 5 N–H and O–H groups in total. The molecule has 0 bridgehead atoms. The topological polar surface area (TPSA) is 94.2 Å². The molecule has 2 rings (SSSR count). The maximum absolute atomic E-state index is 5.63. The second-order valence-electron chi connectivity index (χ2n) is 3.53. The summed E-state index contributed by atoms with van der Waals surface area (Å²) < 4.78 is 1.86. The minimum Gasteiger partial charge on any atom is -0.399 e. The van der Waals surface area contributed by atoms with Crippen molar-refractivity contribution in [2.45, 2.75) is 0 Å². The van der Waals surface area contributed by atoms with E-state index >= 15 is 0 Å². The fourth-order valence-corrected chi connectivity index (χ4v) is 1.41. The molecule has 0 fully saturated rings. The SMILES string of the molecule is NC(=S)N/N=C/c1cn(-c2ccc(N)cc2)cn1. The van der Waals surface area contributed by atoms with Crippen LogP contribution in [0.2, 0.25) is 0 Å². The Morgan fingerprint density at radius 3 is 2.78 bits per heavy atom. The normalized spacial score (nSPS) is 10.7. The summed E-state index contributed by atoms with van der Waals surface area (Å²) in [5.74, 6) is 0. The van der Waals surface area contributed by atoms with Gasteiger partial charge >= 0.3 is 0 Å². The Bertz CT molecular complexity index is 571. The number of benzene rings is 1. The molecular formula is C11H12N6S. The number of hydrogen-bond acceptors (Lipinski definition) is 4. The van der Waals surface area contributed by atoms with Gasteiger partial charge in [0.15, 0.2) is 5.11 Å². The van der Waals surface area contributed by atoms with Crippen LogP contribution in [0, 0.1) is 0 Å². The highest BCUT2D eigenvalue weighted by atomic mass is 32.1. The fraction of sp³-hybridized carbons (Fsp3) is 0. The van der Waals surface area contributed by atoms with Crippen LogP contribution < -0.4 is 16.9 Å². The van der Waals surface area contributed by atoms with Crippen LogP contribution in [0.3, 0.4) is 0 Å². The van der Waals surface area contributed by atoms with Crippen molar-refractivity contribution >= 4 is 29.2 Å². The molecule has 0 atom stereocenters. The lowest BCUT2D eigenvalue weighted by atomic mass is 10.3. The number of nitrogens with two attached hydrogens (primary N) is 2. The number of imidazole rings is 1. The minimum atomic E-state index is 0.115. The Balaban J connectivity index is 2.12. The predicted molar refractivity (Wildman–Crippen MR) is 75.5 cm³/mol. The summed E-state index contributed by atoms with van der Waals surface area (Å²) in [5, 5.41) is 3.94. The largest absolute Gasteiger partial charge is 0.399 e. The molecule has 0 aliphatic heterocycles. The van der Waals surface area contributed by atoms with Crippen molar-refractivity contribution in [2.24, 2.45) is 10.8 Å². The van der Waals surface area contributed by atoms with Gasteiger partial charge in [-0.1, -0.05) is 0 Å². The molecule has 0 aliphatic rings. The molecule has 0 aliphatic carbocycles. The van der Waals surface area contributed by atoms with Crippen LogP contribution in [0.25, 0.3) is 5.69 Å². The van der Waals surface area contributed by atoms with Gasteiger partial charge in [0.05, 0.1) is 12.5 Å². The number of nitrogen functional groups attached to an aromatic ring is 1. The fourth-order valence-electron chi connectivity index (χ4n) is 1.35. The van der Waals surface area contributed by atoms with Crippen molar-refractivity contribution in [3.05, 3.63) is 42.5 Å². The Morgan fingerprint density at radius 2 is 2.11 bits per heavy atom. The van der Waals surface area contributed by atoms with Gasteiger partial charge in [-0.2, -0.15) is 5.10 Å². The Labute approximate surface area is 109 Å². The van der Waals surface area contributed by atoms with Crippen LogP contribution in [0.1, 0.15) is 5.69 Å². The third kappa shape index (κ3) is 3.05. The molecule has 18 heavy (non-hydrogen) atoms. The third-order valence-electron chi connectivity index (χ3n) is 2.17. The van der Waals surface area contributed by atoms with Gasteiger partial charge in [-0.15, -0.1) is 0 Å². The second kappa shape index (κ2) is 5.28. The summed E-state index contributed by atoms with van der Waals surface area (Å²) in [7, 11) is 0. The molecule has 1 aromatic heterocycles. The molecule has 0 saturated carbocycles. The monoisotopic (exact) mass is 260 g/mol. The molecule has 1 heterocycles. The van der Waals surface area contributed by atoms with E-state index in [1.54, 1.807) is 6.33 Å². The molecule has 1 aromatic carbocycles. The first-order valence-electron chi connectivity index (χ1n) is 5.13. The standard InChI is InChI=1S/C11H12N6S/c12-8-1-3-10(4-2-8)17-6-9(14-7-17)5-15-16-11(13)18/h1-7H,12H2,(H3,13,16,18)/b15-5+. The average molecular weight is 260 g/mol. The summed E-state index contributed by atoms with van der Waals surface area (Å²) in [4.78, 5) is 4.17. The first-order valence-corrected chi connectivity index (χ1v) is 5.54. The molecule has 0 saturated heterocycles. The van der Waals surface area contributed by atoms with Gasteiger partial charge in [0.2, 0.25) is 0 Å². The molecule has 0 radical (unpaired) electrons. The van der Waals surface area contributed by atoms with Gasteiger partial charge in [-0.05, 0) is 36.5 Å². The number of nitrogens with one attached hydrogen (secondary N) is 1. The number of nitrogens with zero attached hydrogens (tertiary/aromatic N) is 3. The molecular weight excluding hydrogens is 248 g/mol. The summed E-state index contributed by atoms with van der Waals surface area (Å²) in [6, 6.07) is 7.48. The van der Waals surface area contributed by atoms with E-state index in [1.165, 1.54) is 6.21 Å². The van der Waals surface area contributed by atoms with Crippen LogP contribution in [-0.4, -0.2) is 20.9 Å². The average Bonchev–Trinajstić information content (AvgIpc) is 2.78. The van der Waals surface area contributed by atoms with Crippen molar-refractivity contribution in [3.8, 4) is 5.69 Å².